The molecule has 2 saturated heterocycles. The van der Waals surface area contributed by atoms with E-state index in [1.165, 1.54) is 83.1 Å². The molecule has 3 aliphatic rings. The van der Waals surface area contributed by atoms with Crippen LogP contribution in [0.4, 0.5) is 0 Å². The molecule has 3 rings (SSSR count). The summed E-state index contributed by atoms with van der Waals surface area (Å²) in [5, 5.41) is 0. The van der Waals surface area contributed by atoms with Gasteiger partial charge in [-0.1, -0.05) is 35.8 Å². The quantitative estimate of drug-likeness (QED) is 0.591. The van der Waals surface area contributed by atoms with Gasteiger partial charge in [0.05, 0.1) is 6.04 Å². The van der Waals surface area contributed by atoms with Crippen LogP contribution in [-0.4, -0.2) is 42.0 Å². The monoisotopic (exact) mass is 354 g/mol. The van der Waals surface area contributed by atoms with Crippen molar-refractivity contribution in [3.63, 3.8) is 0 Å². The highest BCUT2D eigenvalue weighted by Crippen LogP contribution is 2.32. The summed E-state index contributed by atoms with van der Waals surface area (Å²) in [5.41, 5.74) is 6.07. The van der Waals surface area contributed by atoms with E-state index in [9.17, 15) is 0 Å². The molecule has 0 aromatic heterocycles. The lowest BCUT2D eigenvalue weighted by Crippen LogP contribution is -2.38. The SMILES string of the molecule is CC(C)=C/C=C1\CCCN1[C@@H](CCN1CCCCC1)C1=CCCC(C)=C1. The Kier molecular flexibility index (Phi) is 7.19. The van der Waals surface area contributed by atoms with Gasteiger partial charge in [-0.15, -0.1) is 0 Å². The van der Waals surface area contributed by atoms with Gasteiger partial charge in [-0.3, -0.25) is 0 Å². The van der Waals surface area contributed by atoms with E-state index in [1.807, 2.05) is 0 Å². The Balaban J connectivity index is 1.76. The van der Waals surface area contributed by atoms with Crippen molar-refractivity contribution in [1.29, 1.82) is 0 Å². The lowest BCUT2D eigenvalue weighted by Gasteiger charge is -2.35. The molecule has 0 radical (unpaired) electrons. The molecule has 0 bridgehead atoms. The van der Waals surface area contributed by atoms with Crippen molar-refractivity contribution in [1.82, 2.24) is 9.80 Å². The number of rotatable bonds is 6. The summed E-state index contributed by atoms with van der Waals surface area (Å²) in [5.74, 6) is 0. The first kappa shape index (κ1) is 19.5. The molecule has 0 aromatic rings. The van der Waals surface area contributed by atoms with Crippen molar-refractivity contribution < 1.29 is 0 Å². The molecule has 0 spiro atoms. The van der Waals surface area contributed by atoms with Crippen LogP contribution < -0.4 is 0 Å². The molecule has 0 aromatic carbocycles. The molecule has 2 heterocycles. The summed E-state index contributed by atoms with van der Waals surface area (Å²) >= 11 is 0. The topological polar surface area (TPSA) is 6.48 Å². The summed E-state index contributed by atoms with van der Waals surface area (Å²) in [7, 11) is 0. The molecule has 0 amide bonds. The van der Waals surface area contributed by atoms with Crippen molar-refractivity contribution in [3.05, 3.63) is 46.7 Å². The van der Waals surface area contributed by atoms with Crippen molar-refractivity contribution >= 4 is 0 Å². The van der Waals surface area contributed by atoms with Crippen LogP contribution >= 0.6 is 0 Å². The van der Waals surface area contributed by atoms with E-state index in [1.54, 1.807) is 16.8 Å². The third-order valence-corrected chi connectivity index (χ3v) is 6.07. The molecule has 2 nitrogen and oxygen atoms in total. The molecule has 1 atom stereocenters. The number of hydrogen-bond donors (Lipinski definition) is 0. The molecule has 2 aliphatic heterocycles. The number of likely N-dealkylation sites (tertiary alicyclic amines) is 2. The number of allylic oxidation sites excluding steroid dienone is 6. The van der Waals surface area contributed by atoms with Crippen LogP contribution in [0.1, 0.15) is 72.1 Å². The molecular formula is C24H38N2. The molecule has 2 fully saturated rings. The van der Waals surface area contributed by atoms with Crippen LogP contribution in [-0.2, 0) is 0 Å². The fourth-order valence-electron chi connectivity index (χ4n) is 4.62. The molecule has 1 aliphatic carbocycles. The number of hydrogen-bond acceptors (Lipinski definition) is 2. The van der Waals surface area contributed by atoms with Crippen molar-refractivity contribution in [2.45, 2.75) is 78.2 Å². The van der Waals surface area contributed by atoms with Crippen LogP contribution in [0.25, 0.3) is 0 Å². The second-order valence-corrected chi connectivity index (χ2v) is 8.64. The summed E-state index contributed by atoms with van der Waals surface area (Å²) < 4.78 is 0. The lowest BCUT2D eigenvalue weighted by molar-refractivity contribution is 0.201. The Morgan fingerprint density at radius 3 is 2.62 bits per heavy atom. The smallest absolute Gasteiger partial charge is 0.0548 e. The summed E-state index contributed by atoms with van der Waals surface area (Å²) in [6.45, 7) is 11.8. The van der Waals surface area contributed by atoms with E-state index in [0.717, 1.165) is 0 Å². The van der Waals surface area contributed by atoms with Gasteiger partial charge in [-0.05, 0) is 90.5 Å². The average Bonchev–Trinajstić information content (AvgIpc) is 3.09. The van der Waals surface area contributed by atoms with Crippen LogP contribution in [0.5, 0.6) is 0 Å². The fourth-order valence-corrected chi connectivity index (χ4v) is 4.62. The van der Waals surface area contributed by atoms with E-state index >= 15 is 0 Å². The number of nitrogens with zero attached hydrogens (tertiary/aromatic N) is 2. The predicted molar refractivity (Wildman–Crippen MR) is 113 cm³/mol. The Morgan fingerprint density at radius 1 is 1.08 bits per heavy atom. The molecule has 0 N–H and O–H groups in total. The minimum absolute atomic E-state index is 0.562. The normalized spacial score (nSPS) is 24.4. The van der Waals surface area contributed by atoms with E-state index in [2.05, 4.69) is 54.9 Å². The van der Waals surface area contributed by atoms with Crippen LogP contribution in [0.3, 0.4) is 0 Å². The standard InChI is InChI=1S/C24H38N2/c1-20(2)12-13-23-11-8-17-26(23)24(22-10-7-9-21(3)19-22)14-18-25-15-5-4-6-16-25/h10,12-13,19,24H,4-9,11,14-18H2,1-3H3/b23-13+/t24-/m0/s1. The Labute approximate surface area is 161 Å². The van der Waals surface area contributed by atoms with Gasteiger partial charge in [0.25, 0.3) is 0 Å². The van der Waals surface area contributed by atoms with Gasteiger partial charge < -0.3 is 9.80 Å². The number of piperidine rings is 1. The Morgan fingerprint density at radius 2 is 1.88 bits per heavy atom. The van der Waals surface area contributed by atoms with Gasteiger partial charge in [0.15, 0.2) is 0 Å². The summed E-state index contributed by atoms with van der Waals surface area (Å²) in [4.78, 5) is 5.43. The van der Waals surface area contributed by atoms with E-state index in [-0.39, 0.29) is 0 Å². The van der Waals surface area contributed by atoms with Crippen LogP contribution in [0, 0.1) is 0 Å². The third kappa shape index (κ3) is 5.36. The maximum absolute atomic E-state index is 2.73. The predicted octanol–water partition coefficient (Wildman–Crippen LogP) is 5.84. The lowest BCUT2D eigenvalue weighted by atomic mass is 9.92. The fraction of sp³-hybridized carbons (Fsp3) is 0.667. The minimum atomic E-state index is 0.562. The van der Waals surface area contributed by atoms with Gasteiger partial charge >= 0.3 is 0 Å². The second kappa shape index (κ2) is 9.60. The minimum Gasteiger partial charge on any atom is -0.368 e. The van der Waals surface area contributed by atoms with E-state index in [0.29, 0.717) is 6.04 Å². The first-order valence-electron chi connectivity index (χ1n) is 10.8. The Hall–Kier alpha value is -1.28. The van der Waals surface area contributed by atoms with Gasteiger partial charge in [0.1, 0.15) is 0 Å². The van der Waals surface area contributed by atoms with E-state index < -0.39 is 0 Å². The summed E-state index contributed by atoms with van der Waals surface area (Å²) in [6, 6.07) is 0.562. The van der Waals surface area contributed by atoms with Crippen LogP contribution in [0.15, 0.2) is 46.7 Å². The highest BCUT2D eigenvalue weighted by molar-refractivity contribution is 5.33. The average molecular weight is 355 g/mol. The van der Waals surface area contributed by atoms with Crippen molar-refractivity contribution in [3.8, 4) is 0 Å². The second-order valence-electron chi connectivity index (χ2n) is 8.64. The maximum atomic E-state index is 2.73. The zero-order valence-corrected chi connectivity index (χ0v) is 17.3. The van der Waals surface area contributed by atoms with Gasteiger partial charge in [-0.2, -0.15) is 0 Å². The van der Waals surface area contributed by atoms with E-state index in [4.69, 9.17) is 0 Å². The van der Waals surface area contributed by atoms with Gasteiger partial charge in [0, 0.05) is 18.8 Å². The zero-order valence-electron chi connectivity index (χ0n) is 17.3. The molecule has 26 heavy (non-hydrogen) atoms. The van der Waals surface area contributed by atoms with Gasteiger partial charge in [-0.25, -0.2) is 0 Å². The molecule has 0 unspecified atom stereocenters. The Bertz CT molecular complexity index is 583. The van der Waals surface area contributed by atoms with Crippen LogP contribution in [0.2, 0.25) is 0 Å². The molecule has 2 heteroatoms. The highest BCUT2D eigenvalue weighted by Gasteiger charge is 2.28. The zero-order chi connectivity index (χ0) is 18.4. The molecule has 0 saturated carbocycles. The maximum Gasteiger partial charge on any atom is 0.0548 e. The first-order chi connectivity index (χ1) is 12.6. The first-order valence-corrected chi connectivity index (χ1v) is 10.8. The van der Waals surface area contributed by atoms with Crippen molar-refractivity contribution in [2.75, 3.05) is 26.2 Å². The third-order valence-electron chi connectivity index (χ3n) is 6.07. The summed E-state index contributed by atoms with van der Waals surface area (Å²) in [6.07, 6.45) is 20.2. The van der Waals surface area contributed by atoms with Gasteiger partial charge in [0.2, 0.25) is 0 Å². The highest BCUT2D eigenvalue weighted by atomic mass is 15.2. The van der Waals surface area contributed by atoms with Crippen molar-refractivity contribution in [2.24, 2.45) is 0 Å². The molecule has 144 valence electrons. The largest absolute Gasteiger partial charge is 0.368 e. The molecular weight excluding hydrogens is 316 g/mol.